The molecule has 0 saturated carbocycles. The summed E-state index contributed by atoms with van der Waals surface area (Å²) >= 11 is 1.40. The Hall–Kier alpha value is -2.57. The van der Waals surface area contributed by atoms with Gasteiger partial charge in [0.25, 0.3) is 5.91 Å². The highest BCUT2D eigenvalue weighted by molar-refractivity contribution is 7.13. The molecule has 1 amide bonds. The summed E-state index contributed by atoms with van der Waals surface area (Å²) < 4.78 is 0. The molecule has 0 radical (unpaired) electrons. The maximum absolute atomic E-state index is 12.4. The zero-order valence-electron chi connectivity index (χ0n) is 17.4. The number of hydrogen-bond donors (Lipinski definition) is 1. The van der Waals surface area contributed by atoms with Crippen LogP contribution in [0.4, 0.5) is 0 Å². The van der Waals surface area contributed by atoms with Crippen LogP contribution in [0.1, 0.15) is 44.3 Å². The lowest BCUT2D eigenvalue weighted by molar-refractivity contribution is 0.0950. The second-order valence-corrected chi connectivity index (χ2v) is 9.14. The fourth-order valence-electron chi connectivity index (χ4n) is 3.86. The first-order valence-electron chi connectivity index (χ1n) is 10.6. The number of hydrogen-bond acceptors (Lipinski definition) is 5. The highest BCUT2D eigenvalue weighted by atomic mass is 32.1. The van der Waals surface area contributed by atoms with E-state index in [0.717, 1.165) is 36.1 Å². The van der Waals surface area contributed by atoms with Crippen LogP contribution in [0.15, 0.2) is 54.6 Å². The highest BCUT2D eigenvalue weighted by Crippen LogP contribution is 2.23. The molecule has 1 fully saturated rings. The van der Waals surface area contributed by atoms with Crippen molar-refractivity contribution in [1.82, 2.24) is 20.4 Å². The number of benzene rings is 2. The van der Waals surface area contributed by atoms with Gasteiger partial charge in [0.05, 0.1) is 6.54 Å². The van der Waals surface area contributed by atoms with E-state index in [-0.39, 0.29) is 5.91 Å². The first-order chi connectivity index (χ1) is 14.7. The topological polar surface area (TPSA) is 58.1 Å². The van der Waals surface area contributed by atoms with E-state index >= 15 is 0 Å². The van der Waals surface area contributed by atoms with Gasteiger partial charge < -0.3 is 5.32 Å². The van der Waals surface area contributed by atoms with Gasteiger partial charge in [-0.2, -0.15) is 0 Å². The van der Waals surface area contributed by atoms with Crippen molar-refractivity contribution in [1.29, 1.82) is 0 Å². The average Bonchev–Trinajstić information content (AvgIpc) is 3.24. The smallest absolute Gasteiger partial charge is 0.282 e. The maximum Gasteiger partial charge on any atom is 0.282 e. The molecule has 1 N–H and O–H groups in total. The second-order valence-electron chi connectivity index (χ2n) is 8.08. The lowest BCUT2D eigenvalue weighted by Gasteiger charge is -2.31. The number of amides is 1. The molecular weight excluding hydrogens is 392 g/mol. The molecule has 2 heterocycles. The Kier molecular flexibility index (Phi) is 6.87. The van der Waals surface area contributed by atoms with Crippen molar-refractivity contribution in [3.05, 3.63) is 81.3 Å². The lowest BCUT2D eigenvalue weighted by Crippen LogP contribution is -2.33. The van der Waals surface area contributed by atoms with Gasteiger partial charge in [-0.15, -0.1) is 10.2 Å². The second kappa shape index (κ2) is 9.96. The summed E-state index contributed by atoms with van der Waals surface area (Å²) in [5, 5.41) is 12.7. The molecule has 0 atom stereocenters. The summed E-state index contributed by atoms with van der Waals surface area (Å²) in [4.78, 5) is 14.8. The van der Waals surface area contributed by atoms with Crippen LogP contribution < -0.4 is 5.32 Å². The van der Waals surface area contributed by atoms with Gasteiger partial charge in [-0.1, -0.05) is 71.5 Å². The third-order valence-electron chi connectivity index (χ3n) is 5.67. The summed E-state index contributed by atoms with van der Waals surface area (Å²) in [6, 6.07) is 18.9. The summed E-state index contributed by atoms with van der Waals surface area (Å²) in [6.45, 7) is 5.49. The van der Waals surface area contributed by atoms with E-state index < -0.39 is 0 Å². The Bertz CT molecular complexity index is 947. The van der Waals surface area contributed by atoms with Crippen molar-refractivity contribution in [2.45, 2.75) is 39.3 Å². The lowest BCUT2D eigenvalue weighted by atomic mass is 9.90. The molecular formula is C24H28N4OS. The molecule has 0 aliphatic carbocycles. The SMILES string of the molecule is Cc1ccc(CNC(=O)c2nnc(CN3CCC(Cc4ccccc4)CC3)s2)cc1. The van der Waals surface area contributed by atoms with Crippen LogP contribution in [-0.4, -0.2) is 34.1 Å². The van der Waals surface area contributed by atoms with Crippen LogP contribution in [0.2, 0.25) is 0 Å². The number of aryl methyl sites for hydroxylation is 1. The first-order valence-corrected chi connectivity index (χ1v) is 11.4. The van der Waals surface area contributed by atoms with E-state index in [4.69, 9.17) is 0 Å². The van der Waals surface area contributed by atoms with E-state index in [0.29, 0.717) is 11.6 Å². The highest BCUT2D eigenvalue weighted by Gasteiger charge is 2.21. The molecule has 2 aromatic carbocycles. The first kappa shape index (κ1) is 20.7. The van der Waals surface area contributed by atoms with Crippen LogP contribution >= 0.6 is 11.3 Å². The number of nitrogens with one attached hydrogen (secondary N) is 1. The van der Waals surface area contributed by atoms with Crippen molar-refractivity contribution in [3.8, 4) is 0 Å². The molecule has 0 spiro atoms. The Balaban J connectivity index is 1.22. The van der Waals surface area contributed by atoms with Gasteiger partial charge in [0.15, 0.2) is 0 Å². The molecule has 5 nitrogen and oxygen atoms in total. The minimum Gasteiger partial charge on any atom is -0.346 e. The van der Waals surface area contributed by atoms with Crippen LogP contribution in [0.5, 0.6) is 0 Å². The zero-order valence-corrected chi connectivity index (χ0v) is 18.2. The number of piperidine rings is 1. The van der Waals surface area contributed by atoms with Gasteiger partial charge in [0, 0.05) is 6.54 Å². The monoisotopic (exact) mass is 420 g/mol. The fraction of sp³-hybridized carbons (Fsp3) is 0.375. The van der Waals surface area contributed by atoms with Gasteiger partial charge in [-0.05, 0) is 56.3 Å². The standard InChI is InChI=1S/C24H28N4OS/c1-18-7-9-21(10-8-18)16-25-23(29)24-27-26-22(30-24)17-28-13-11-20(12-14-28)15-19-5-3-2-4-6-19/h2-10,20H,11-17H2,1H3,(H,25,29). The van der Waals surface area contributed by atoms with Crippen molar-refractivity contribution >= 4 is 17.2 Å². The van der Waals surface area contributed by atoms with Gasteiger partial charge in [0.2, 0.25) is 5.01 Å². The van der Waals surface area contributed by atoms with E-state index in [2.05, 4.69) is 57.7 Å². The Morgan fingerprint density at radius 2 is 1.77 bits per heavy atom. The molecule has 1 aliphatic heterocycles. The van der Waals surface area contributed by atoms with E-state index in [1.807, 2.05) is 24.3 Å². The third kappa shape index (κ3) is 5.74. The van der Waals surface area contributed by atoms with Crippen molar-refractivity contribution in [2.75, 3.05) is 13.1 Å². The van der Waals surface area contributed by atoms with E-state index in [1.54, 1.807) is 0 Å². The molecule has 1 aliphatic rings. The average molecular weight is 421 g/mol. The normalized spacial score (nSPS) is 15.2. The van der Waals surface area contributed by atoms with Crippen molar-refractivity contribution < 1.29 is 4.79 Å². The zero-order chi connectivity index (χ0) is 20.8. The van der Waals surface area contributed by atoms with Gasteiger partial charge >= 0.3 is 0 Å². The van der Waals surface area contributed by atoms with Crippen LogP contribution in [0.25, 0.3) is 0 Å². The predicted molar refractivity (Wildman–Crippen MR) is 120 cm³/mol. The summed E-state index contributed by atoms with van der Waals surface area (Å²) in [5.74, 6) is 0.599. The third-order valence-corrected chi connectivity index (χ3v) is 6.57. The van der Waals surface area contributed by atoms with Gasteiger partial charge in [-0.3, -0.25) is 9.69 Å². The molecule has 156 valence electrons. The molecule has 0 bridgehead atoms. The Labute approximate surface area is 182 Å². The van der Waals surface area contributed by atoms with Gasteiger partial charge in [-0.25, -0.2) is 0 Å². The minimum absolute atomic E-state index is 0.152. The molecule has 30 heavy (non-hydrogen) atoms. The van der Waals surface area contributed by atoms with Crippen LogP contribution in [0.3, 0.4) is 0 Å². The van der Waals surface area contributed by atoms with E-state index in [9.17, 15) is 4.79 Å². The number of nitrogens with zero attached hydrogens (tertiary/aromatic N) is 3. The van der Waals surface area contributed by atoms with Crippen LogP contribution in [0, 0.1) is 12.8 Å². The number of rotatable bonds is 7. The van der Waals surface area contributed by atoms with Crippen molar-refractivity contribution in [2.24, 2.45) is 5.92 Å². The Morgan fingerprint density at radius 1 is 1.03 bits per heavy atom. The van der Waals surface area contributed by atoms with Gasteiger partial charge in [0.1, 0.15) is 5.01 Å². The molecule has 6 heteroatoms. The maximum atomic E-state index is 12.4. The minimum atomic E-state index is -0.152. The Morgan fingerprint density at radius 3 is 2.50 bits per heavy atom. The molecule has 1 aromatic heterocycles. The summed E-state index contributed by atoms with van der Waals surface area (Å²) in [5.41, 5.74) is 3.72. The molecule has 1 saturated heterocycles. The number of likely N-dealkylation sites (tertiary alicyclic amines) is 1. The number of carbonyl (C=O) groups excluding carboxylic acids is 1. The number of aromatic nitrogens is 2. The largest absolute Gasteiger partial charge is 0.346 e. The quantitative estimate of drug-likeness (QED) is 0.621. The molecule has 3 aromatic rings. The predicted octanol–water partition coefficient (Wildman–Crippen LogP) is 4.23. The molecule has 0 unspecified atom stereocenters. The summed E-state index contributed by atoms with van der Waals surface area (Å²) in [7, 11) is 0. The number of carbonyl (C=O) groups is 1. The molecule has 4 rings (SSSR count). The fourth-order valence-corrected chi connectivity index (χ4v) is 4.66. The van der Waals surface area contributed by atoms with Crippen LogP contribution in [-0.2, 0) is 19.5 Å². The van der Waals surface area contributed by atoms with E-state index in [1.165, 1.54) is 41.7 Å². The summed E-state index contributed by atoms with van der Waals surface area (Å²) in [6.07, 6.45) is 3.58. The van der Waals surface area contributed by atoms with Crippen molar-refractivity contribution in [3.63, 3.8) is 0 Å².